The number of thiophene rings is 1. The van der Waals surface area contributed by atoms with Crippen molar-refractivity contribution < 1.29 is 14.6 Å². The Hall–Kier alpha value is -2.07. The summed E-state index contributed by atoms with van der Waals surface area (Å²) in [6, 6.07) is 7.48. The third-order valence-corrected chi connectivity index (χ3v) is 4.17. The fourth-order valence-corrected chi connectivity index (χ4v) is 2.97. The van der Waals surface area contributed by atoms with E-state index in [1.807, 2.05) is 50.4 Å². The average molecular weight is 302 g/mol. The van der Waals surface area contributed by atoms with Gasteiger partial charge in [0.05, 0.1) is 12.2 Å². The van der Waals surface area contributed by atoms with Crippen LogP contribution in [0.3, 0.4) is 0 Å². The van der Waals surface area contributed by atoms with Crippen molar-refractivity contribution in [1.29, 1.82) is 0 Å². The maximum Gasteiger partial charge on any atom is 0.336 e. The van der Waals surface area contributed by atoms with Gasteiger partial charge in [0.1, 0.15) is 5.75 Å². The van der Waals surface area contributed by atoms with Crippen molar-refractivity contribution in [2.75, 3.05) is 6.61 Å². The second kappa shape index (κ2) is 6.59. The van der Waals surface area contributed by atoms with E-state index in [4.69, 9.17) is 4.74 Å². The first kappa shape index (κ1) is 15.3. The Kier molecular flexibility index (Phi) is 4.81. The molecule has 0 bridgehead atoms. The standard InChI is InChI=1S/C17H18O3S/c1-4-20-13-5-6-14(12(3)9-13)15(17(18)19)10-16-11(2)7-8-21-16/h5-10H,4H2,1-3H3,(H,18,19)/b15-10-. The van der Waals surface area contributed by atoms with Gasteiger partial charge in [0.2, 0.25) is 0 Å². The zero-order chi connectivity index (χ0) is 15.4. The van der Waals surface area contributed by atoms with E-state index in [0.717, 1.165) is 27.3 Å². The fraction of sp³-hybridized carbons (Fsp3) is 0.235. The van der Waals surface area contributed by atoms with Gasteiger partial charge in [-0.05, 0) is 67.1 Å². The van der Waals surface area contributed by atoms with Crippen molar-refractivity contribution in [2.24, 2.45) is 0 Å². The summed E-state index contributed by atoms with van der Waals surface area (Å²) in [6.45, 7) is 6.39. The molecule has 0 atom stereocenters. The first-order valence-electron chi connectivity index (χ1n) is 6.75. The van der Waals surface area contributed by atoms with E-state index in [2.05, 4.69) is 0 Å². The van der Waals surface area contributed by atoms with E-state index >= 15 is 0 Å². The van der Waals surface area contributed by atoms with Crippen LogP contribution in [0.15, 0.2) is 29.6 Å². The molecule has 2 aromatic rings. The third kappa shape index (κ3) is 3.52. The first-order chi connectivity index (χ1) is 10.0. The van der Waals surface area contributed by atoms with Crippen molar-refractivity contribution >= 4 is 29.0 Å². The summed E-state index contributed by atoms with van der Waals surface area (Å²) in [6.07, 6.45) is 1.74. The van der Waals surface area contributed by atoms with Gasteiger partial charge in [-0.3, -0.25) is 0 Å². The predicted octanol–water partition coefficient (Wildman–Crippen LogP) is 4.39. The zero-order valence-electron chi connectivity index (χ0n) is 12.3. The molecule has 2 rings (SSSR count). The topological polar surface area (TPSA) is 46.5 Å². The molecule has 4 heteroatoms. The van der Waals surface area contributed by atoms with Gasteiger partial charge in [0.15, 0.2) is 0 Å². The molecule has 1 N–H and O–H groups in total. The van der Waals surface area contributed by atoms with E-state index in [9.17, 15) is 9.90 Å². The lowest BCUT2D eigenvalue weighted by molar-refractivity contribution is -0.130. The summed E-state index contributed by atoms with van der Waals surface area (Å²) in [4.78, 5) is 12.6. The lowest BCUT2D eigenvalue weighted by atomic mass is 9.99. The number of carboxylic acids is 1. The van der Waals surface area contributed by atoms with Crippen LogP contribution in [0, 0.1) is 13.8 Å². The average Bonchev–Trinajstić information content (AvgIpc) is 2.82. The van der Waals surface area contributed by atoms with Crippen LogP contribution in [0.5, 0.6) is 5.75 Å². The summed E-state index contributed by atoms with van der Waals surface area (Å²) in [5, 5.41) is 11.5. The Morgan fingerprint density at radius 3 is 2.57 bits per heavy atom. The fourth-order valence-electron chi connectivity index (χ4n) is 2.11. The van der Waals surface area contributed by atoms with Crippen molar-refractivity contribution in [1.82, 2.24) is 0 Å². The Balaban J connectivity index is 2.47. The highest BCUT2D eigenvalue weighted by molar-refractivity contribution is 7.11. The third-order valence-electron chi connectivity index (χ3n) is 3.21. The van der Waals surface area contributed by atoms with Crippen LogP contribution in [0.25, 0.3) is 11.6 Å². The highest BCUT2D eigenvalue weighted by Crippen LogP contribution is 2.28. The van der Waals surface area contributed by atoms with Crippen LogP contribution in [0.4, 0.5) is 0 Å². The molecule has 0 radical (unpaired) electrons. The van der Waals surface area contributed by atoms with Crippen LogP contribution >= 0.6 is 11.3 Å². The lowest BCUT2D eigenvalue weighted by Crippen LogP contribution is -2.02. The molecular formula is C17H18O3S. The second-order valence-electron chi connectivity index (χ2n) is 4.74. The number of aryl methyl sites for hydroxylation is 2. The largest absolute Gasteiger partial charge is 0.494 e. The SMILES string of the molecule is CCOc1ccc(/C(=C/c2sccc2C)C(=O)O)c(C)c1. The van der Waals surface area contributed by atoms with Gasteiger partial charge in [0, 0.05) is 4.88 Å². The quantitative estimate of drug-likeness (QED) is 0.833. The summed E-state index contributed by atoms with van der Waals surface area (Å²) in [5.41, 5.74) is 3.01. The number of rotatable bonds is 5. The molecule has 21 heavy (non-hydrogen) atoms. The Morgan fingerprint density at radius 2 is 2.05 bits per heavy atom. The number of carboxylic acid groups (broad SMARTS) is 1. The van der Waals surface area contributed by atoms with Crippen LogP contribution < -0.4 is 4.74 Å². The van der Waals surface area contributed by atoms with Gasteiger partial charge in [0.25, 0.3) is 0 Å². The molecule has 0 saturated carbocycles. The zero-order valence-corrected chi connectivity index (χ0v) is 13.2. The van der Waals surface area contributed by atoms with Crippen molar-refractivity contribution in [3.8, 4) is 5.75 Å². The summed E-state index contributed by atoms with van der Waals surface area (Å²) in [7, 11) is 0. The minimum absolute atomic E-state index is 0.307. The summed E-state index contributed by atoms with van der Waals surface area (Å²) >= 11 is 1.54. The molecule has 0 aliphatic rings. The Morgan fingerprint density at radius 1 is 1.29 bits per heavy atom. The molecule has 1 heterocycles. The molecule has 0 aliphatic heterocycles. The first-order valence-corrected chi connectivity index (χ1v) is 7.63. The maximum absolute atomic E-state index is 11.6. The number of carbonyl (C=O) groups is 1. The number of benzene rings is 1. The van der Waals surface area contributed by atoms with E-state index < -0.39 is 5.97 Å². The molecule has 0 spiro atoms. The van der Waals surface area contributed by atoms with Gasteiger partial charge >= 0.3 is 5.97 Å². The lowest BCUT2D eigenvalue weighted by Gasteiger charge is -2.10. The van der Waals surface area contributed by atoms with Crippen molar-refractivity contribution in [3.05, 3.63) is 51.2 Å². The highest BCUT2D eigenvalue weighted by Gasteiger charge is 2.14. The van der Waals surface area contributed by atoms with Crippen LogP contribution in [-0.2, 0) is 4.79 Å². The minimum Gasteiger partial charge on any atom is -0.494 e. The van der Waals surface area contributed by atoms with Crippen molar-refractivity contribution in [2.45, 2.75) is 20.8 Å². The summed E-state index contributed by atoms with van der Waals surface area (Å²) in [5.74, 6) is -0.161. The second-order valence-corrected chi connectivity index (χ2v) is 5.69. The maximum atomic E-state index is 11.6. The van der Waals surface area contributed by atoms with Crippen molar-refractivity contribution in [3.63, 3.8) is 0 Å². The number of hydrogen-bond donors (Lipinski definition) is 1. The predicted molar refractivity (Wildman–Crippen MR) is 86.9 cm³/mol. The highest BCUT2D eigenvalue weighted by atomic mass is 32.1. The molecule has 0 amide bonds. The smallest absolute Gasteiger partial charge is 0.336 e. The van der Waals surface area contributed by atoms with Gasteiger partial charge in [-0.15, -0.1) is 11.3 Å². The van der Waals surface area contributed by atoms with Gasteiger partial charge in [-0.2, -0.15) is 0 Å². The van der Waals surface area contributed by atoms with E-state index in [-0.39, 0.29) is 0 Å². The van der Waals surface area contributed by atoms with Gasteiger partial charge < -0.3 is 9.84 Å². The normalized spacial score (nSPS) is 11.5. The van der Waals surface area contributed by atoms with Gasteiger partial charge in [-0.25, -0.2) is 4.79 Å². The Bertz CT molecular complexity index is 683. The molecule has 3 nitrogen and oxygen atoms in total. The number of ether oxygens (including phenoxy) is 1. The minimum atomic E-state index is -0.921. The van der Waals surface area contributed by atoms with Crippen LogP contribution in [0.2, 0.25) is 0 Å². The van der Waals surface area contributed by atoms with E-state index in [0.29, 0.717) is 12.2 Å². The van der Waals surface area contributed by atoms with E-state index in [1.54, 1.807) is 17.4 Å². The molecule has 1 aromatic heterocycles. The van der Waals surface area contributed by atoms with Crippen LogP contribution in [0.1, 0.15) is 28.5 Å². The molecule has 110 valence electrons. The molecule has 0 aliphatic carbocycles. The molecule has 0 saturated heterocycles. The molecule has 0 fully saturated rings. The summed E-state index contributed by atoms with van der Waals surface area (Å²) < 4.78 is 5.44. The van der Waals surface area contributed by atoms with Gasteiger partial charge in [-0.1, -0.05) is 6.07 Å². The number of aliphatic carboxylic acids is 1. The Labute approximate surface area is 128 Å². The monoisotopic (exact) mass is 302 g/mol. The van der Waals surface area contributed by atoms with E-state index in [1.165, 1.54) is 0 Å². The van der Waals surface area contributed by atoms with Crippen LogP contribution in [-0.4, -0.2) is 17.7 Å². The molecule has 0 unspecified atom stereocenters. The molecular weight excluding hydrogens is 284 g/mol. The number of hydrogen-bond acceptors (Lipinski definition) is 3. The molecule has 1 aromatic carbocycles.